The van der Waals surface area contributed by atoms with E-state index in [1.54, 1.807) is 30.0 Å². The fraction of sp³-hybridized carbons (Fsp3) is 0.529. The first-order chi connectivity index (χ1) is 10.9. The summed E-state index contributed by atoms with van der Waals surface area (Å²) in [6.07, 6.45) is 2.97. The van der Waals surface area contributed by atoms with Crippen LogP contribution in [0.2, 0.25) is 10.0 Å². The SMILES string of the molecule is CCCCCN(CC(C)C(=O)OC)C(=O)c1ccc(Cl)c(Cl)c1. The van der Waals surface area contributed by atoms with Gasteiger partial charge in [0.1, 0.15) is 0 Å². The summed E-state index contributed by atoms with van der Waals surface area (Å²) in [6.45, 7) is 4.76. The number of amides is 1. The third-order valence-corrected chi connectivity index (χ3v) is 4.32. The topological polar surface area (TPSA) is 46.6 Å². The van der Waals surface area contributed by atoms with Crippen molar-refractivity contribution < 1.29 is 14.3 Å². The van der Waals surface area contributed by atoms with Crippen molar-refractivity contribution in [3.8, 4) is 0 Å². The van der Waals surface area contributed by atoms with E-state index in [0.29, 0.717) is 28.7 Å². The molecule has 0 spiro atoms. The Morgan fingerprint density at radius 2 is 1.91 bits per heavy atom. The Balaban J connectivity index is 2.90. The molecule has 0 N–H and O–H groups in total. The molecule has 0 heterocycles. The molecule has 6 heteroatoms. The number of methoxy groups -OCH3 is 1. The van der Waals surface area contributed by atoms with E-state index in [-0.39, 0.29) is 17.8 Å². The Morgan fingerprint density at radius 1 is 1.22 bits per heavy atom. The van der Waals surface area contributed by atoms with E-state index in [0.717, 1.165) is 19.3 Å². The minimum absolute atomic E-state index is 0.157. The number of ether oxygens (including phenoxy) is 1. The minimum atomic E-state index is -0.381. The molecular weight excluding hydrogens is 337 g/mol. The van der Waals surface area contributed by atoms with Crippen LogP contribution in [0.1, 0.15) is 43.5 Å². The number of carbonyl (C=O) groups is 2. The van der Waals surface area contributed by atoms with Crippen molar-refractivity contribution in [2.45, 2.75) is 33.1 Å². The zero-order valence-corrected chi connectivity index (χ0v) is 15.3. The highest BCUT2D eigenvalue weighted by Gasteiger charge is 2.22. The Kier molecular flexibility index (Phi) is 8.42. The quantitative estimate of drug-likeness (QED) is 0.509. The number of hydrogen-bond donors (Lipinski definition) is 0. The Morgan fingerprint density at radius 3 is 2.48 bits per heavy atom. The van der Waals surface area contributed by atoms with E-state index >= 15 is 0 Å². The maximum Gasteiger partial charge on any atom is 0.310 e. The maximum atomic E-state index is 12.7. The van der Waals surface area contributed by atoms with Gasteiger partial charge in [-0.1, -0.05) is 49.9 Å². The van der Waals surface area contributed by atoms with E-state index in [2.05, 4.69) is 6.92 Å². The second-order valence-electron chi connectivity index (χ2n) is 5.51. The van der Waals surface area contributed by atoms with Crippen LogP contribution in [0.25, 0.3) is 0 Å². The third kappa shape index (κ3) is 6.04. The van der Waals surface area contributed by atoms with Gasteiger partial charge in [0.15, 0.2) is 0 Å². The molecule has 1 aromatic carbocycles. The van der Waals surface area contributed by atoms with Crippen LogP contribution in [0.5, 0.6) is 0 Å². The number of halogens is 2. The number of nitrogens with zero attached hydrogens (tertiary/aromatic N) is 1. The van der Waals surface area contributed by atoms with Crippen LogP contribution in [0, 0.1) is 5.92 Å². The van der Waals surface area contributed by atoms with E-state index in [1.807, 2.05) is 0 Å². The highest BCUT2D eigenvalue weighted by Crippen LogP contribution is 2.23. The Bertz CT molecular complexity index is 549. The van der Waals surface area contributed by atoms with Gasteiger partial charge >= 0.3 is 5.97 Å². The molecule has 23 heavy (non-hydrogen) atoms. The number of benzene rings is 1. The van der Waals surface area contributed by atoms with Crippen molar-refractivity contribution in [2.24, 2.45) is 5.92 Å². The first-order valence-corrected chi connectivity index (χ1v) is 8.48. The van der Waals surface area contributed by atoms with Crippen LogP contribution in [-0.4, -0.2) is 37.0 Å². The van der Waals surface area contributed by atoms with Gasteiger partial charge in [0, 0.05) is 18.7 Å². The summed E-state index contributed by atoms with van der Waals surface area (Å²) in [6, 6.07) is 4.80. The molecule has 0 saturated carbocycles. The van der Waals surface area contributed by atoms with Gasteiger partial charge in [-0.15, -0.1) is 0 Å². The van der Waals surface area contributed by atoms with Crippen molar-refractivity contribution in [1.82, 2.24) is 4.90 Å². The largest absolute Gasteiger partial charge is 0.469 e. The number of hydrogen-bond acceptors (Lipinski definition) is 3. The second kappa shape index (κ2) is 9.78. The second-order valence-corrected chi connectivity index (χ2v) is 6.33. The van der Waals surface area contributed by atoms with Crippen molar-refractivity contribution in [2.75, 3.05) is 20.2 Å². The minimum Gasteiger partial charge on any atom is -0.469 e. The molecule has 0 aliphatic carbocycles. The zero-order chi connectivity index (χ0) is 17.4. The molecule has 0 aliphatic heterocycles. The van der Waals surface area contributed by atoms with Crippen molar-refractivity contribution in [3.05, 3.63) is 33.8 Å². The number of esters is 1. The average molecular weight is 360 g/mol. The summed E-state index contributed by atoms with van der Waals surface area (Å²) in [5.74, 6) is -0.865. The van der Waals surface area contributed by atoms with Crippen LogP contribution in [0.3, 0.4) is 0 Å². The third-order valence-electron chi connectivity index (χ3n) is 3.58. The van der Waals surface area contributed by atoms with Gasteiger partial charge in [0.2, 0.25) is 0 Å². The molecule has 1 rings (SSSR count). The molecule has 0 bridgehead atoms. The summed E-state index contributed by atoms with van der Waals surface area (Å²) >= 11 is 11.9. The smallest absolute Gasteiger partial charge is 0.310 e. The van der Waals surface area contributed by atoms with E-state index in [4.69, 9.17) is 27.9 Å². The number of unbranched alkanes of at least 4 members (excludes halogenated alkanes) is 2. The Labute approximate surface area is 147 Å². The molecule has 1 amide bonds. The maximum absolute atomic E-state index is 12.7. The van der Waals surface area contributed by atoms with Crippen molar-refractivity contribution in [1.29, 1.82) is 0 Å². The molecule has 1 atom stereocenters. The number of carbonyl (C=O) groups excluding carboxylic acids is 2. The molecule has 0 aliphatic rings. The van der Waals surface area contributed by atoms with Crippen molar-refractivity contribution in [3.63, 3.8) is 0 Å². The van der Waals surface area contributed by atoms with Gasteiger partial charge < -0.3 is 9.64 Å². The fourth-order valence-corrected chi connectivity index (χ4v) is 2.54. The average Bonchev–Trinajstić information content (AvgIpc) is 2.55. The first-order valence-electron chi connectivity index (χ1n) is 7.72. The normalized spacial score (nSPS) is 11.9. The molecule has 128 valence electrons. The summed E-state index contributed by atoms with van der Waals surface area (Å²) < 4.78 is 4.74. The molecule has 1 unspecified atom stereocenters. The molecule has 0 aromatic heterocycles. The molecule has 1 aromatic rings. The van der Waals surface area contributed by atoms with Gasteiger partial charge in [-0.05, 0) is 24.6 Å². The van der Waals surface area contributed by atoms with Crippen LogP contribution < -0.4 is 0 Å². The lowest BCUT2D eigenvalue weighted by Gasteiger charge is -2.25. The molecule has 0 radical (unpaired) electrons. The lowest BCUT2D eigenvalue weighted by Crippen LogP contribution is -2.38. The lowest BCUT2D eigenvalue weighted by molar-refractivity contribution is -0.145. The highest BCUT2D eigenvalue weighted by atomic mass is 35.5. The first kappa shape index (κ1) is 19.8. The standard InChI is InChI=1S/C17H23Cl2NO3/c1-4-5-6-9-20(11-12(2)17(22)23-3)16(21)13-7-8-14(18)15(19)10-13/h7-8,10,12H,4-6,9,11H2,1-3H3. The van der Waals surface area contributed by atoms with Gasteiger partial charge in [0.25, 0.3) is 5.91 Å². The van der Waals surface area contributed by atoms with Crippen LogP contribution in [-0.2, 0) is 9.53 Å². The van der Waals surface area contributed by atoms with Crippen LogP contribution in [0.15, 0.2) is 18.2 Å². The molecule has 0 saturated heterocycles. The predicted octanol–water partition coefficient (Wildman–Crippen LogP) is 4.43. The molecule has 0 fully saturated rings. The van der Waals surface area contributed by atoms with E-state index < -0.39 is 0 Å². The predicted molar refractivity (Wildman–Crippen MR) is 93.1 cm³/mol. The van der Waals surface area contributed by atoms with Gasteiger partial charge in [-0.2, -0.15) is 0 Å². The van der Waals surface area contributed by atoms with Gasteiger partial charge in [0.05, 0.1) is 23.1 Å². The van der Waals surface area contributed by atoms with Crippen LogP contribution >= 0.6 is 23.2 Å². The summed E-state index contributed by atoms with van der Waals surface area (Å²) in [4.78, 5) is 26.0. The zero-order valence-electron chi connectivity index (χ0n) is 13.8. The lowest BCUT2D eigenvalue weighted by atomic mass is 10.1. The monoisotopic (exact) mass is 359 g/mol. The Hall–Kier alpha value is -1.26. The fourth-order valence-electron chi connectivity index (χ4n) is 2.25. The summed E-state index contributed by atoms with van der Waals surface area (Å²) in [5, 5.41) is 0.746. The van der Waals surface area contributed by atoms with Gasteiger partial charge in [-0.3, -0.25) is 9.59 Å². The van der Waals surface area contributed by atoms with Gasteiger partial charge in [-0.25, -0.2) is 0 Å². The molecule has 4 nitrogen and oxygen atoms in total. The number of rotatable bonds is 8. The highest BCUT2D eigenvalue weighted by molar-refractivity contribution is 6.42. The van der Waals surface area contributed by atoms with Crippen LogP contribution in [0.4, 0.5) is 0 Å². The van der Waals surface area contributed by atoms with E-state index in [1.165, 1.54) is 7.11 Å². The molecular formula is C17H23Cl2NO3. The summed E-state index contributed by atoms with van der Waals surface area (Å²) in [7, 11) is 1.35. The summed E-state index contributed by atoms with van der Waals surface area (Å²) in [5.41, 5.74) is 0.466. The van der Waals surface area contributed by atoms with E-state index in [9.17, 15) is 9.59 Å². The van der Waals surface area contributed by atoms with Crippen molar-refractivity contribution >= 4 is 35.1 Å².